The second-order valence-electron chi connectivity index (χ2n) is 3.50. The first-order valence-corrected chi connectivity index (χ1v) is 5.07. The molecule has 0 unspecified atom stereocenters. The second kappa shape index (κ2) is 3.75. The average Bonchev–Trinajstić information content (AvgIpc) is 3.00. The van der Waals surface area contributed by atoms with Crippen LogP contribution < -0.4 is 5.69 Å². The highest BCUT2D eigenvalue weighted by atomic mass is 16.1. The van der Waals surface area contributed by atoms with Crippen molar-refractivity contribution in [3.8, 4) is 11.4 Å². The summed E-state index contributed by atoms with van der Waals surface area (Å²) in [4.78, 5) is 11.4. The van der Waals surface area contributed by atoms with Crippen LogP contribution in [0.2, 0.25) is 0 Å². The van der Waals surface area contributed by atoms with Gasteiger partial charge in [0.15, 0.2) is 0 Å². The van der Waals surface area contributed by atoms with Crippen molar-refractivity contribution in [3.05, 3.63) is 59.5 Å². The molecule has 3 aromatic rings. The molecule has 1 N–H and O–H groups in total. The summed E-state index contributed by atoms with van der Waals surface area (Å²) in [5, 5.41) is 10.2. The van der Waals surface area contributed by atoms with Gasteiger partial charge in [0.05, 0.1) is 11.4 Å². The Bertz CT molecular complexity index is 662. The zero-order valence-corrected chi connectivity index (χ0v) is 8.82. The van der Waals surface area contributed by atoms with Crippen molar-refractivity contribution in [3.63, 3.8) is 0 Å². The minimum Gasteiger partial charge on any atom is -0.250 e. The molecular formula is C11H9N5O. The van der Waals surface area contributed by atoms with Gasteiger partial charge < -0.3 is 0 Å². The Morgan fingerprint density at radius 3 is 2.47 bits per heavy atom. The number of nitrogens with one attached hydrogen (secondary N) is 1. The van der Waals surface area contributed by atoms with E-state index in [4.69, 9.17) is 0 Å². The van der Waals surface area contributed by atoms with E-state index in [2.05, 4.69) is 15.3 Å². The van der Waals surface area contributed by atoms with Crippen LogP contribution in [0, 0.1) is 0 Å². The molecule has 6 nitrogen and oxygen atoms in total. The standard InChI is InChI=1S/C11H9N5O/c17-11-14-12-8-15(11)9-2-4-10(5-3-9)16-7-1-6-13-16/h1-8H,(H,14,17). The van der Waals surface area contributed by atoms with Gasteiger partial charge >= 0.3 is 5.69 Å². The molecule has 0 aliphatic heterocycles. The van der Waals surface area contributed by atoms with Crippen LogP contribution in [0.3, 0.4) is 0 Å². The fourth-order valence-electron chi connectivity index (χ4n) is 1.62. The third kappa shape index (κ3) is 1.65. The molecular weight excluding hydrogens is 218 g/mol. The molecule has 0 aliphatic rings. The normalized spacial score (nSPS) is 10.6. The number of benzene rings is 1. The smallest absolute Gasteiger partial charge is 0.250 e. The van der Waals surface area contributed by atoms with Crippen LogP contribution in [0.15, 0.2) is 53.8 Å². The van der Waals surface area contributed by atoms with E-state index >= 15 is 0 Å². The van der Waals surface area contributed by atoms with Gasteiger partial charge in [-0.3, -0.25) is 0 Å². The Labute approximate surface area is 96.1 Å². The molecule has 1 aromatic carbocycles. The first kappa shape index (κ1) is 9.59. The van der Waals surface area contributed by atoms with E-state index in [9.17, 15) is 4.79 Å². The van der Waals surface area contributed by atoms with E-state index in [1.165, 1.54) is 10.9 Å². The van der Waals surface area contributed by atoms with E-state index in [1.54, 1.807) is 10.9 Å². The number of aromatic nitrogens is 5. The van der Waals surface area contributed by atoms with Gasteiger partial charge in [-0.05, 0) is 30.3 Å². The van der Waals surface area contributed by atoms with Gasteiger partial charge in [-0.2, -0.15) is 10.2 Å². The van der Waals surface area contributed by atoms with Crippen molar-refractivity contribution >= 4 is 0 Å². The van der Waals surface area contributed by atoms with E-state index in [0.29, 0.717) is 0 Å². The van der Waals surface area contributed by atoms with Crippen LogP contribution in [-0.2, 0) is 0 Å². The summed E-state index contributed by atoms with van der Waals surface area (Å²) in [6, 6.07) is 9.32. The number of rotatable bonds is 2. The quantitative estimate of drug-likeness (QED) is 0.702. The van der Waals surface area contributed by atoms with Crippen LogP contribution in [0.25, 0.3) is 11.4 Å². The lowest BCUT2D eigenvalue weighted by atomic mass is 10.3. The molecule has 3 rings (SSSR count). The summed E-state index contributed by atoms with van der Waals surface area (Å²) in [6.45, 7) is 0. The highest BCUT2D eigenvalue weighted by Crippen LogP contribution is 2.10. The molecule has 0 fully saturated rings. The van der Waals surface area contributed by atoms with Crippen LogP contribution in [0.4, 0.5) is 0 Å². The highest BCUT2D eigenvalue weighted by molar-refractivity contribution is 5.40. The monoisotopic (exact) mass is 227 g/mol. The number of aromatic amines is 1. The van der Waals surface area contributed by atoms with E-state index in [-0.39, 0.29) is 5.69 Å². The molecule has 84 valence electrons. The molecule has 0 spiro atoms. The maximum atomic E-state index is 11.4. The highest BCUT2D eigenvalue weighted by Gasteiger charge is 2.01. The molecule has 0 amide bonds. The lowest BCUT2D eigenvalue weighted by Gasteiger charge is -2.03. The number of nitrogens with zero attached hydrogens (tertiary/aromatic N) is 4. The summed E-state index contributed by atoms with van der Waals surface area (Å²) < 4.78 is 3.19. The van der Waals surface area contributed by atoms with Crippen molar-refractivity contribution in [2.45, 2.75) is 0 Å². The predicted octanol–water partition coefficient (Wildman–Crippen LogP) is 0.746. The average molecular weight is 227 g/mol. The topological polar surface area (TPSA) is 68.5 Å². The fraction of sp³-hybridized carbons (Fsp3) is 0. The number of hydrogen-bond donors (Lipinski definition) is 1. The Kier molecular flexibility index (Phi) is 2.11. The van der Waals surface area contributed by atoms with Gasteiger partial charge in [-0.1, -0.05) is 0 Å². The molecule has 2 aromatic heterocycles. The summed E-state index contributed by atoms with van der Waals surface area (Å²) in [7, 11) is 0. The van der Waals surface area contributed by atoms with Gasteiger partial charge in [0.2, 0.25) is 0 Å². The molecule has 6 heteroatoms. The van der Waals surface area contributed by atoms with Gasteiger partial charge in [0.1, 0.15) is 6.33 Å². The molecule has 0 saturated heterocycles. The Morgan fingerprint density at radius 1 is 1.12 bits per heavy atom. The lowest BCUT2D eigenvalue weighted by molar-refractivity contribution is 0.878. The third-order valence-electron chi connectivity index (χ3n) is 2.45. The maximum Gasteiger partial charge on any atom is 0.347 e. The molecule has 0 radical (unpaired) electrons. The first-order chi connectivity index (χ1) is 8.34. The van der Waals surface area contributed by atoms with Crippen LogP contribution >= 0.6 is 0 Å². The van der Waals surface area contributed by atoms with Crippen molar-refractivity contribution < 1.29 is 0 Å². The van der Waals surface area contributed by atoms with Crippen LogP contribution in [0.5, 0.6) is 0 Å². The first-order valence-electron chi connectivity index (χ1n) is 5.07. The van der Waals surface area contributed by atoms with Gasteiger partial charge in [0, 0.05) is 12.4 Å². The summed E-state index contributed by atoms with van der Waals surface area (Å²) in [6.07, 6.45) is 5.03. The molecule has 0 saturated carbocycles. The Balaban J connectivity index is 2.01. The van der Waals surface area contributed by atoms with Crippen LogP contribution in [0.1, 0.15) is 0 Å². The molecule has 0 aliphatic carbocycles. The van der Waals surface area contributed by atoms with Crippen molar-refractivity contribution in [1.29, 1.82) is 0 Å². The predicted molar refractivity (Wildman–Crippen MR) is 61.3 cm³/mol. The zero-order chi connectivity index (χ0) is 11.7. The van der Waals surface area contributed by atoms with E-state index < -0.39 is 0 Å². The number of H-pyrrole nitrogens is 1. The second-order valence-corrected chi connectivity index (χ2v) is 3.50. The minimum atomic E-state index is -0.253. The maximum absolute atomic E-state index is 11.4. The van der Waals surface area contributed by atoms with Crippen LogP contribution in [-0.4, -0.2) is 24.5 Å². The van der Waals surface area contributed by atoms with Crippen molar-refractivity contribution in [1.82, 2.24) is 24.5 Å². The Morgan fingerprint density at radius 2 is 1.88 bits per heavy atom. The molecule has 0 atom stereocenters. The molecule has 17 heavy (non-hydrogen) atoms. The van der Waals surface area contributed by atoms with Crippen molar-refractivity contribution in [2.75, 3.05) is 0 Å². The van der Waals surface area contributed by atoms with E-state index in [1.807, 2.05) is 36.5 Å². The largest absolute Gasteiger partial charge is 0.347 e. The lowest BCUT2D eigenvalue weighted by Crippen LogP contribution is -2.13. The SMILES string of the molecule is O=c1[nH]ncn1-c1ccc(-n2cccn2)cc1. The van der Waals surface area contributed by atoms with E-state index in [0.717, 1.165) is 11.4 Å². The minimum absolute atomic E-state index is 0.253. The Hall–Kier alpha value is -2.63. The third-order valence-corrected chi connectivity index (χ3v) is 2.45. The van der Waals surface area contributed by atoms with Gasteiger partial charge in [-0.15, -0.1) is 0 Å². The molecule has 0 bridgehead atoms. The zero-order valence-electron chi connectivity index (χ0n) is 8.82. The summed E-state index contributed by atoms with van der Waals surface area (Å²) >= 11 is 0. The molecule has 2 heterocycles. The summed E-state index contributed by atoms with van der Waals surface area (Å²) in [5.41, 5.74) is 1.45. The summed E-state index contributed by atoms with van der Waals surface area (Å²) in [5.74, 6) is 0. The number of hydrogen-bond acceptors (Lipinski definition) is 3. The van der Waals surface area contributed by atoms with Gasteiger partial charge in [0.25, 0.3) is 0 Å². The van der Waals surface area contributed by atoms with Gasteiger partial charge in [-0.25, -0.2) is 19.1 Å². The fourth-order valence-corrected chi connectivity index (χ4v) is 1.62. The van der Waals surface area contributed by atoms with Crippen molar-refractivity contribution in [2.24, 2.45) is 0 Å².